The molecule has 0 spiro atoms. The summed E-state index contributed by atoms with van der Waals surface area (Å²) in [7, 11) is 0. The van der Waals surface area contributed by atoms with Gasteiger partial charge in [-0.05, 0) is 30.7 Å². The van der Waals surface area contributed by atoms with E-state index in [0.29, 0.717) is 13.2 Å². The topological polar surface area (TPSA) is 18.5 Å². The Morgan fingerprint density at radius 1 is 0.824 bits per heavy atom. The van der Waals surface area contributed by atoms with Gasteiger partial charge in [0.15, 0.2) is 0 Å². The zero-order valence-electron chi connectivity index (χ0n) is 10.3. The first-order valence-electron chi connectivity index (χ1n) is 6.30. The average molecular weight is 254 g/mol. The van der Waals surface area contributed by atoms with Gasteiger partial charge >= 0.3 is 0 Å². The van der Waals surface area contributed by atoms with Gasteiger partial charge in [-0.15, -0.1) is 0 Å². The van der Waals surface area contributed by atoms with Gasteiger partial charge in [0.05, 0.1) is 6.61 Å². The van der Waals surface area contributed by atoms with Crippen LogP contribution in [-0.2, 0) is 4.74 Å². The fourth-order valence-electron chi connectivity index (χ4n) is 1.51. The minimum absolute atomic E-state index is 0.626. The van der Waals surface area contributed by atoms with Crippen molar-refractivity contribution in [3.05, 3.63) is 30.3 Å². The van der Waals surface area contributed by atoms with E-state index < -0.39 is 0 Å². The highest BCUT2D eigenvalue weighted by Gasteiger charge is 1.93. The van der Waals surface area contributed by atoms with Crippen LogP contribution in [0.5, 0.6) is 5.75 Å². The van der Waals surface area contributed by atoms with E-state index in [2.05, 4.69) is 12.6 Å². The molecule has 0 atom stereocenters. The van der Waals surface area contributed by atoms with E-state index in [-0.39, 0.29) is 0 Å². The van der Waals surface area contributed by atoms with Crippen molar-refractivity contribution in [2.45, 2.75) is 25.7 Å². The summed E-state index contributed by atoms with van der Waals surface area (Å²) < 4.78 is 11.0. The molecule has 0 unspecified atom stereocenters. The van der Waals surface area contributed by atoms with Crippen molar-refractivity contribution in [1.82, 2.24) is 0 Å². The maximum atomic E-state index is 5.52. The second-order valence-corrected chi connectivity index (χ2v) is 4.36. The zero-order chi connectivity index (χ0) is 12.2. The quantitative estimate of drug-likeness (QED) is 0.508. The first-order chi connectivity index (χ1) is 8.43. The normalized spacial score (nSPS) is 10.4. The predicted molar refractivity (Wildman–Crippen MR) is 75.1 cm³/mol. The molecule has 0 aromatic heterocycles. The van der Waals surface area contributed by atoms with Gasteiger partial charge in [0.25, 0.3) is 0 Å². The number of unbranched alkanes of at least 4 members (excludes halogenated alkanes) is 3. The summed E-state index contributed by atoms with van der Waals surface area (Å²) in [5.41, 5.74) is 0. The highest BCUT2D eigenvalue weighted by atomic mass is 32.1. The number of ether oxygens (including phenoxy) is 2. The zero-order valence-corrected chi connectivity index (χ0v) is 11.2. The van der Waals surface area contributed by atoms with E-state index in [4.69, 9.17) is 9.47 Å². The third-order valence-corrected chi connectivity index (χ3v) is 2.75. The lowest BCUT2D eigenvalue weighted by molar-refractivity contribution is 0.0971. The van der Waals surface area contributed by atoms with Gasteiger partial charge in [-0.2, -0.15) is 12.6 Å². The highest BCUT2D eigenvalue weighted by molar-refractivity contribution is 7.80. The third kappa shape index (κ3) is 8.11. The van der Waals surface area contributed by atoms with Crippen LogP contribution in [0.2, 0.25) is 0 Å². The van der Waals surface area contributed by atoms with Gasteiger partial charge in [-0.3, -0.25) is 0 Å². The molecular weight excluding hydrogens is 232 g/mol. The maximum absolute atomic E-state index is 5.52. The first-order valence-corrected chi connectivity index (χ1v) is 6.93. The average Bonchev–Trinajstić information content (AvgIpc) is 2.38. The number of para-hydroxylation sites is 1. The molecular formula is C14H22O2S. The van der Waals surface area contributed by atoms with Crippen LogP contribution in [0.15, 0.2) is 30.3 Å². The molecule has 2 nitrogen and oxygen atoms in total. The fourth-order valence-corrected chi connectivity index (χ4v) is 1.73. The molecule has 0 bridgehead atoms. The molecule has 0 saturated carbocycles. The molecule has 96 valence electrons. The number of thiol groups is 1. The smallest absolute Gasteiger partial charge is 0.119 e. The fraction of sp³-hybridized carbons (Fsp3) is 0.571. The lowest BCUT2D eigenvalue weighted by Gasteiger charge is -2.06. The Labute approximate surface area is 110 Å². The SMILES string of the molecule is SCCCCCCOCCOc1ccccc1. The summed E-state index contributed by atoms with van der Waals surface area (Å²) in [6, 6.07) is 9.83. The van der Waals surface area contributed by atoms with E-state index in [1.807, 2.05) is 30.3 Å². The highest BCUT2D eigenvalue weighted by Crippen LogP contribution is 2.07. The van der Waals surface area contributed by atoms with E-state index >= 15 is 0 Å². The monoisotopic (exact) mass is 254 g/mol. The molecule has 0 aliphatic rings. The van der Waals surface area contributed by atoms with E-state index in [0.717, 1.165) is 24.5 Å². The molecule has 0 aliphatic heterocycles. The summed E-state index contributed by atoms with van der Waals surface area (Å²) in [5, 5.41) is 0. The van der Waals surface area contributed by atoms with Gasteiger partial charge in [-0.25, -0.2) is 0 Å². The molecule has 3 heteroatoms. The Bertz CT molecular complexity index is 264. The summed E-state index contributed by atoms with van der Waals surface area (Å²) >= 11 is 4.18. The Morgan fingerprint density at radius 2 is 1.59 bits per heavy atom. The minimum atomic E-state index is 0.626. The van der Waals surface area contributed by atoms with Crippen LogP contribution in [0.25, 0.3) is 0 Å². The lowest BCUT2D eigenvalue weighted by atomic mass is 10.2. The summed E-state index contributed by atoms with van der Waals surface area (Å²) in [6.45, 7) is 2.13. The van der Waals surface area contributed by atoms with E-state index in [1.54, 1.807) is 0 Å². The van der Waals surface area contributed by atoms with E-state index in [1.165, 1.54) is 19.3 Å². The first kappa shape index (κ1) is 14.4. The van der Waals surface area contributed by atoms with Gasteiger partial charge in [0, 0.05) is 6.61 Å². The molecule has 17 heavy (non-hydrogen) atoms. The Balaban J connectivity index is 1.85. The van der Waals surface area contributed by atoms with Crippen molar-refractivity contribution in [3.63, 3.8) is 0 Å². The van der Waals surface area contributed by atoms with Gasteiger partial charge < -0.3 is 9.47 Å². The van der Waals surface area contributed by atoms with Gasteiger partial charge in [-0.1, -0.05) is 31.0 Å². The van der Waals surface area contributed by atoms with Gasteiger partial charge in [0.1, 0.15) is 12.4 Å². The standard InChI is InChI=1S/C14H22O2S/c17-13-7-2-1-6-10-15-11-12-16-14-8-4-3-5-9-14/h3-5,8-9,17H,1-2,6-7,10-13H2. The molecule has 0 aliphatic carbocycles. The van der Waals surface area contributed by atoms with Crippen LogP contribution in [-0.4, -0.2) is 25.6 Å². The molecule has 1 rings (SSSR count). The van der Waals surface area contributed by atoms with Crippen molar-refractivity contribution in [1.29, 1.82) is 0 Å². The number of benzene rings is 1. The van der Waals surface area contributed by atoms with Crippen molar-refractivity contribution in [2.24, 2.45) is 0 Å². The molecule has 0 heterocycles. The van der Waals surface area contributed by atoms with Crippen LogP contribution >= 0.6 is 12.6 Å². The molecule has 1 aromatic rings. The maximum Gasteiger partial charge on any atom is 0.119 e. The van der Waals surface area contributed by atoms with Crippen LogP contribution in [0.4, 0.5) is 0 Å². The number of rotatable bonds is 10. The van der Waals surface area contributed by atoms with Crippen molar-refractivity contribution < 1.29 is 9.47 Å². The van der Waals surface area contributed by atoms with Crippen LogP contribution in [0.3, 0.4) is 0 Å². The molecule has 1 aromatic carbocycles. The molecule has 0 fully saturated rings. The minimum Gasteiger partial charge on any atom is -0.491 e. The third-order valence-electron chi connectivity index (χ3n) is 2.44. The summed E-state index contributed by atoms with van der Waals surface area (Å²) in [4.78, 5) is 0. The Morgan fingerprint density at radius 3 is 2.35 bits per heavy atom. The van der Waals surface area contributed by atoms with E-state index in [9.17, 15) is 0 Å². The Kier molecular flexibility index (Phi) is 8.87. The second-order valence-electron chi connectivity index (χ2n) is 3.91. The van der Waals surface area contributed by atoms with Crippen molar-refractivity contribution in [3.8, 4) is 5.75 Å². The summed E-state index contributed by atoms with van der Waals surface area (Å²) in [5.74, 6) is 1.90. The number of hydrogen-bond acceptors (Lipinski definition) is 3. The Hall–Kier alpha value is -0.670. The molecule has 0 amide bonds. The van der Waals surface area contributed by atoms with Crippen molar-refractivity contribution >= 4 is 12.6 Å². The summed E-state index contributed by atoms with van der Waals surface area (Å²) in [6.07, 6.45) is 4.84. The molecule has 0 saturated heterocycles. The predicted octanol–water partition coefficient (Wildman–Crippen LogP) is 3.57. The van der Waals surface area contributed by atoms with Crippen molar-refractivity contribution in [2.75, 3.05) is 25.6 Å². The van der Waals surface area contributed by atoms with Crippen LogP contribution in [0.1, 0.15) is 25.7 Å². The van der Waals surface area contributed by atoms with Crippen LogP contribution in [0, 0.1) is 0 Å². The van der Waals surface area contributed by atoms with Gasteiger partial charge in [0.2, 0.25) is 0 Å². The lowest BCUT2D eigenvalue weighted by Crippen LogP contribution is -2.07. The van der Waals surface area contributed by atoms with Crippen LogP contribution < -0.4 is 4.74 Å². The number of hydrogen-bond donors (Lipinski definition) is 1. The largest absolute Gasteiger partial charge is 0.491 e. The molecule has 0 radical (unpaired) electrons. The molecule has 0 N–H and O–H groups in total. The second kappa shape index (κ2) is 10.5.